The Morgan fingerprint density at radius 3 is 2.79 bits per heavy atom. The Kier molecular flexibility index (Phi) is 2.52. The summed E-state index contributed by atoms with van der Waals surface area (Å²) in [6.07, 6.45) is 0. The summed E-state index contributed by atoms with van der Waals surface area (Å²) in [4.78, 5) is 16.2. The van der Waals surface area contributed by atoms with Crippen LogP contribution in [0.2, 0.25) is 0 Å². The van der Waals surface area contributed by atoms with Crippen LogP contribution in [0.1, 0.15) is 12.5 Å². The van der Waals surface area contributed by atoms with E-state index < -0.39 is 0 Å². The van der Waals surface area contributed by atoms with Crippen molar-refractivity contribution in [2.45, 2.75) is 20.4 Å². The van der Waals surface area contributed by atoms with Crippen molar-refractivity contribution in [1.29, 1.82) is 0 Å². The van der Waals surface area contributed by atoms with E-state index in [1.807, 2.05) is 26.0 Å². The van der Waals surface area contributed by atoms with E-state index in [0.29, 0.717) is 0 Å². The molecule has 1 aromatic rings. The summed E-state index contributed by atoms with van der Waals surface area (Å²) in [5, 5.41) is 0. The second-order valence-corrected chi connectivity index (χ2v) is 4.70. The molecular weight excluding hydrogens is 238 g/mol. The fourth-order valence-electron chi connectivity index (χ4n) is 2.42. The van der Waals surface area contributed by atoms with Gasteiger partial charge in [-0.05, 0) is 43.7 Å². The van der Waals surface area contributed by atoms with E-state index in [1.165, 1.54) is 0 Å². The van der Waals surface area contributed by atoms with Crippen molar-refractivity contribution in [1.82, 2.24) is 9.55 Å². The number of aromatic nitrogens is 2. The van der Waals surface area contributed by atoms with Gasteiger partial charge in [-0.15, -0.1) is 0 Å². The fourth-order valence-corrected chi connectivity index (χ4v) is 2.42. The summed E-state index contributed by atoms with van der Waals surface area (Å²) >= 11 is 0. The predicted molar refractivity (Wildman–Crippen MR) is 77.4 cm³/mol. The lowest BCUT2D eigenvalue weighted by Crippen LogP contribution is -2.10. The van der Waals surface area contributed by atoms with E-state index in [-0.39, 0.29) is 5.43 Å². The molecule has 2 aliphatic rings. The number of fused-ring (bicyclic) bond motifs is 2. The molecular formula is C15H15N3O. The van der Waals surface area contributed by atoms with Crippen molar-refractivity contribution in [2.75, 3.05) is 5.73 Å². The molecule has 0 atom stereocenters. The van der Waals surface area contributed by atoms with Crippen LogP contribution in [0.25, 0.3) is 22.4 Å². The second kappa shape index (κ2) is 4.09. The summed E-state index contributed by atoms with van der Waals surface area (Å²) < 4.78 is 2.08. The normalized spacial score (nSPS) is 11.3. The first-order chi connectivity index (χ1) is 9.10. The zero-order valence-electron chi connectivity index (χ0n) is 11.0. The number of hydrogen-bond donors (Lipinski definition) is 1. The third-order valence-electron chi connectivity index (χ3n) is 3.45. The summed E-state index contributed by atoms with van der Waals surface area (Å²) in [5.74, 6) is 0. The van der Waals surface area contributed by atoms with Crippen molar-refractivity contribution in [3.8, 4) is 11.4 Å². The minimum absolute atomic E-state index is 0.00377. The maximum Gasteiger partial charge on any atom is 0.180 e. The molecule has 19 heavy (non-hydrogen) atoms. The smallest absolute Gasteiger partial charge is 0.180 e. The van der Waals surface area contributed by atoms with E-state index in [2.05, 4.69) is 9.55 Å². The number of hydrogen-bond acceptors (Lipinski definition) is 3. The van der Waals surface area contributed by atoms with Gasteiger partial charge in [-0.25, -0.2) is 4.98 Å². The number of anilines is 1. The van der Waals surface area contributed by atoms with Crippen molar-refractivity contribution in [3.63, 3.8) is 0 Å². The van der Waals surface area contributed by atoms with Crippen LogP contribution in [0.5, 0.6) is 0 Å². The Hall–Kier alpha value is -2.36. The van der Waals surface area contributed by atoms with Gasteiger partial charge in [0.15, 0.2) is 5.43 Å². The minimum atomic E-state index is -0.00377. The van der Waals surface area contributed by atoms with Crippen LogP contribution in [-0.2, 0) is 6.54 Å². The second-order valence-electron chi connectivity index (χ2n) is 4.70. The summed E-state index contributed by atoms with van der Waals surface area (Å²) in [7, 11) is 0. The molecule has 0 fully saturated rings. The lowest BCUT2D eigenvalue weighted by molar-refractivity contribution is 0.790. The molecule has 4 nitrogen and oxygen atoms in total. The Morgan fingerprint density at radius 2 is 2.05 bits per heavy atom. The average Bonchev–Trinajstić information content (AvgIpc) is 2.38. The van der Waals surface area contributed by atoms with Crippen molar-refractivity contribution < 1.29 is 0 Å². The summed E-state index contributed by atoms with van der Waals surface area (Å²) in [6.45, 7) is 4.78. The average molecular weight is 253 g/mol. The van der Waals surface area contributed by atoms with Gasteiger partial charge in [-0.1, -0.05) is 0 Å². The quantitative estimate of drug-likeness (QED) is 0.535. The fraction of sp³-hybridized carbons (Fsp3) is 0.200. The van der Waals surface area contributed by atoms with Gasteiger partial charge in [0.25, 0.3) is 0 Å². The Morgan fingerprint density at radius 1 is 1.26 bits per heavy atom. The molecule has 0 amide bonds. The van der Waals surface area contributed by atoms with Crippen molar-refractivity contribution >= 4 is 16.7 Å². The van der Waals surface area contributed by atoms with Gasteiger partial charge >= 0.3 is 0 Å². The third kappa shape index (κ3) is 1.76. The summed E-state index contributed by atoms with van der Waals surface area (Å²) in [5.41, 5.74) is 11.3. The van der Waals surface area contributed by atoms with Crippen LogP contribution in [0.3, 0.4) is 0 Å². The first-order valence-electron chi connectivity index (χ1n) is 6.30. The number of nitrogen functional groups attached to an aromatic ring is 1. The number of nitrogens with zero attached hydrogens (tertiary/aromatic N) is 2. The standard InChI is InChI=1S/C15H15N3O/c1-3-18-14-7-10(19)4-5-12(14)17-13-6-9(2)11(16)8-15(13)18/h4-8H,3,16H2,1-2H3. The van der Waals surface area contributed by atoms with E-state index in [9.17, 15) is 4.79 Å². The van der Waals surface area contributed by atoms with Crippen LogP contribution in [0.4, 0.5) is 5.69 Å². The molecule has 1 aliphatic carbocycles. The summed E-state index contributed by atoms with van der Waals surface area (Å²) in [6, 6.07) is 8.86. The van der Waals surface area contributed by atoms with E-state index in [0.717, 1.165) is 40.2 Å². The molecule has 0 aromatic heterocycles. The lowest BCUT2D eigenvalue weighted by Gasteiger charge is -2.17. The molecule has 0 bridgehead atoms. The highest BCUT2D eigenvalue weighted by molar-refractivity contribution is 5.84. The van der Waals surface area contributed by atoms with E-state index in [4.69, 9.17) is 5.73 Å². The maximum atomic E-state index is 11.5. The lowest BCUT2D eigenvalue weighted by atomic mass is 10.1. The van der Waals surface area contributed by atoms with Crippen molar-refractivity contribution in [2.24, 2.45) is 0 Å². The molecule has 1 heterocycles. The van der Waals surface area contributed by atoms with Gasteiger partial charge < -0.3 is 10.3 Å². The van der Waals surface area contributed by atoms with Gasteiger partial charge in [0.05, 0.1) is 22.4 Å². The molecule has 96 valence electrons. The molecule has 1 aliphatic heterocycles. The van der Waals surface area contributed by atoms with Crippen LogP contribution >= 0.6 is 0 Å². The third-order valence-corrected chi connectivity index (χ3v) is 3.45. The molecule has 0 radical (unpaired) electrons. The number of aryl methyl sites for hydroxylation is 2. The Bertz CT molecular complexity index is 805. The Labute approximate surface area is 110 Å². The van der Waals surface area contributed by atoms with Gasteiger partial charge in [0.2, 0.25) is 0 Å². The maximum absolute atomic E-state index is 11.5. The number of rotatable bonds is 1. The van der Waals surface area contributed by atoms with Gasteiger partial charge in [0, 0.05) is 18.3 Å². The number of nitrogens with two attached hydrogens (primary N) is 1. The van der Waals surface area contributed by atoms with Gasteiger partial charge in [0.1, 0.15) is 0 Å². The molecule has 0 saturated carbocycles. The zero-order valence-corrected chi connectivity index (χ0v) is 11.0. The first kappa shape index (κ1) is 11.7. The molecule has 3 rings (SSSR count). The van der Waals surface area contributed by atoms with Crippen LogP contribution in [0.15, 0.2) is 35.1 Å². The number of benzene rings is 2. The molecule has 1 aromatic carbocycles. The highest BCUT2D eigenvalue weighted by Crippen LogP contribution is 2.27. The molecule has 2 N–H and O–H groups in total. The molecule has 4 heteroatoms. The van der Waals surface area contributed by atoms with Crippen LogP contribution in [-0.4, -0.2) is 9.55 Å². The highest BCUT2D eigenvalue weighted by Gasteiger charge is 2.12. The predicted octanol–water partition coefficient (Wildman–Crippen LogP) is 2.41. The first-order valence-corrected chi connectivity index (χ1v) is 6.30. The molecule has 0 saturated heterocycles. The van der Waals surface area contributed by atoms with Crippen LogP contribution in [0, 0.1) is 6.92 Å². The minimum Gasteiger partial charge on any atom is -0.398 e. The SMILES string of the molecule is CCn1c2cc(=O)ccc-2nc2cc(C)c(N)cc21. The van der Waals surface area contributed by atoms with Crippen LogP contribution < -0.4 is 11.2 Å². The van der Waals surface area contributed by atoms with Crippen molar-refractivity contribution in [3.05, 3.63) is 46.1 Å². The van der Waals surface area contributed by atoms with E-state index in [1.54, 1.807) is 18.2 Å². The monoisotopic (exact) mass is 253 g/mol. The van der Waals surface area contributed by atoms with Gasteiger partial charge in [-0.2, -0.15) is 0 Å². The highest BCUT2D eigenvalue weighted by atomic mass is 16.1. The Balaban J connectivity index is 2.54. The largest absolute Gasteiger partial charge is 0.398 e. The zero-order chi connectivity index (χ0) is 13.6. The van der Waals surface area contributed by atoms with Gasteiger partial charge in [-0.3, -0.25) is 4.79 Å². The topological polar surface area (TPSA) is 60.9 Å². The molecule has 0 spiro atoms. The van der Waals surface area contributed by atoms with E-state index >= 15 is 0 Å². The molecule has 0 unspecified atom stereocenters.